The molecule has 1 amide bonds. The highest BCUT2D eigenvalue weighted by Crippen LogP contribution is 2.25. The second-order valence-corrected chi connectivity index (χ2v) is 5.24. The van der Waals surface area contributed by atoms with Gasteiger partial charge in [0, 0.05) is 24.7 Å². The largest absolute Gasteiger partial charge is 0.476 e. The fourth-order valence-electron chi connectivity index (χ4n) is 2.11. The minimum Gasteiger partial charge on any atom is -0.476 e. The molecule has 2 aromatic rings. The number of amides is 1. The number of pyridine rings is 1. The zero-order valence-corrected chi connectivity index (χ0v) is 15.0. The average molecular weight is 344 g/mol. The normalized spacial score (nSPS) is 11.3. The molecule has 8 nitrogen and oxygen atoms in total. The number of nitrogens with zero attached hydrogens (tertiary/aromatic N) is 3. The van der Waals surface area contributed by atoms with Gasteiger partial charge in [-0.05, 0) is 32.9 Å². The van der Waals surface area contributed by atoms with Crippen LogP contribution < -0.4 is 15.5 Å². The molecule has 0 bridgehead atoms. The number of hydrazone groups is 1. The molecule has 8 heteroatoms. The first-order valence-corrected chi connectivity index (χ1v) is 8.35. The maximum absolute atomic E-state index is 11.5. The fraction of sp³-hybridized carbons (Fsp3) is 0.412. The Morgan fingerprint density at radius 2 is 2.16 bits per heavy atom. The molecule has 0 fully saturated rings. The lowest BCUT2D eigenvalue weighted by Crippen LogP contribution is -2.10. The number of hydrogen-bond acceptors (Lipinski definition) is 6. The Hall–Kier alpha value is -2.90. The molecule has 0 radical (unpaired) electrons. The highest BCUT2D eigenvalue weighted by Gasteiger charge is 2.16. The Bertz CT molecular complexity index is 753. The summed E-state index contributed by atoms with van der Waals surface area (Å²) >= 11 is 0. The van der Waals surface area contributed by atoms with Crippen molar-refractivity contribution >= 4 is 17.4 Å². The summed E-state index contributed by atoms with van der Waals surface area (Å²) < 4.78 is 5.62. The fourth-order valence-corrected chi connectivity index (χ4v) is 2.11. The monoisotopic (exact) mass is 344 g/mol. The molecule has 0 aromatic carbocycles. The Kier molecular flexibility index (Phi) is 6.50. The molecule has 0 aliphatic rings. The van der Waals surface area contributed by atoms with E-state index in [9.17, 15) is 4.79 Å². The molecular weight excluding hydrogens is 320 g/mol. The van der Waals surface area contributed by atoms with Gasteiger partial charge in [-0.3, -0.25) is 4.79 Å². The van der Waals surface area contributed by atoms with Crippen LogP contribution in [0, 0.1) is 0 Å². The predicted molar refractivity (Wildman–Crippen MR) is 97.8 cm³/mol. The number of aromatic nitrogens is 3. The van der Waals surface area contributed by atoms with Gasteiger partial charge in [0.05, 0.1) is 12.3 Å². The predicted octanol–water partition coefficient (Wildman–Crippen LogP) is 2.55. The third kappa shape index (κ3) is 4.79. The van der Waals surface area contributed by atoms with Crippen molar-refractivity contribution in [1.29, 1.82) is 0 Å². The third-order valence-corrected chi connectivity index (χ3v) is 3.34. The standard InChI is InChI=1S/C17H24N6O2/c1-5-14(24)20-13-10-12(8-9-18-13)16-21-15(11(4)23-19-6-2)17(22-16)25-7-3/h8-10,19H,5-7H2,1-4H3,(H,21,22)(H,18,20,24)/b23-11+. The highest BCUT2D eigenvalue weighted by molar-refractivity contribution is 5.99. The lowest BCUT2D eigenvalue weighted by molar-refractivity contribution is -0.115. The number of hydrogen-bond donors (Lipinski definition) is 3. The van der Waals surface area contributed by atoms with Crippen LogP contribution in [0.15, 0.2) is 23.4 Å². The molecule has 0 aliphatic carbocycles. The zero-order chi connectivity index (χ0) is 18.2. The van der Waals surface area contributed by atoms with Gasteiger partial charge in [-0.15, -0.1) is 0 Å². The number of carbonyl (C=O) groups excluding carboxylic acids is 1. The minimum atomic E-state index is -0.0894. The minimum absolute atomic E-state index is 0.0894. The number of aromatic amines is 1. The lowest BCUT2D eigenvalue weighted by Gasteiger charge is -2.03. The third-order valence-electron chi connectivity index (χ3n) is 3.34. The van der Waals surface area contributed by atoms with Crippen molar-refractivity contribution in [1.82, 2.24) is 20.4 Å². The second-order valence-electron chi connectivity index (χ2n) is 5.24. The van der Waals surface area contributed by atoms with Gasteiger partial charge in [0.25, 0.3) is 0 Å². The molecule has 25 heavy (non-hydrogen) atoms. The van der Waals surface area contributed by atoms with Gasteiger partial charge < -0.3 is 20.5 Å². The molecule has 2 heterocycles. The summed E-state index contributed by atoms with van der Waals surface area (Å²) in [4.78, 5) is 23.5. The first-order chi connectivity index (χ1) is 12.1. The van der Waals surface area contributed by atoms with Crippen molar-refractivity contribution < 1.29 is 9.53 Å². The van der Waals surface area contributed by atoms with Gasteiger partial charge >= 0.3 is 0 Å². The molecule has 2 rings (SSSR count). The van der Waals surface area contributed by atoms with Crippen molar-refractivity contribution in [3.05, 3.63) is 24.0 Å². The van der Waals surface area contributed by atoms with Crippen LogP contribution >= 0.6 is 0 Å². The van der Waals surface area contributed by atoms with E-state index < -0.39 is 0 Å². The van der Waals surface area contributed by atoms with Gasteiger partial charge in [0.2, 0.25) is 11.8 Å². The van der Waals surface area contributed by atoms with Crippen LogP contribution in [0.5, 0.6) is 5.88 Å². The Labute approximate surface area is 147 Å². The van der Waals surface area contributed by atoms with E-state index in [1.807, 2.05) is 26.8 Å². The van der Waals surface area contributed by atoms with Crippen molar-refractivity contribution in [3.8, 4) is 17.3 Å². The Balaban J connectivity index is 2.36. The summed E-state index contributed by atoms with van der Waals surface area (Å²) in [5.74, 6) is 1.51. The second kappa shape index (κ2) is 8.81. The first kappa shape index (κ1) is 18.4. The number of H-pyrrole nitrogens is 1. The van der Waals surface area contributed by atoms with Gasteiger partial charge in [0.1, 0.15) is 17.3 Å². The molecule has 0 spiro atoms. The Morgan fingerprint density at radius 1 is 1.36 bits per heavy atom. The van der Waals surface area contributed by atoms with Crippen molar-refractivity contribution in [2.75, 3.05) is 18.5 Å². The molecule has 0 atom stereocenters. The van der Waals surface area contributed by atoms with E-state index in [-0.39, 0.29) is 5.91 Å². The number of ether oxygens (including phenoxy) is 1. The van der Waals surface area contributed by atoms with Crippen LogP contribution in [0.2, 0.25) is 0 Å². The topological polar surface area (TPSA) is 104 Å². The van der Waals surface area contributed by atoms with E-state index in [2.05, 4.69) is 30.8 Å². The highest BCUT2D eigenvalue weighted by atomic mass is 16.5. The van der Waals surface area contributed by atoms with E-state index in [1.54, 1.807) is 19.2 Å². The van der Waals surface area contributed by atoms with Gasteiger partial charge in [0.15, 0.2) is 0 Å². The van der Waals surface area contributed by atoms with Crippen LogP contribution in [-0.2, 0) is 4.79 Å². The average Bonchev–Trinajstić information content (AvgIpc) is 3.04. The van der Waals surface area contributed by atoms with Crippen LogP contribution in [0.1, 0.15) is 39.8 Å². The maximum atomic E-state index is 11.5. The summed E-state index contributed by atoms with van der Waals surface area (Å²) in [5.41, 5.74) is 5.19. The molecule has 2 aromatic heterocycles. The molecule has 0 unspecified atom stereocenters. The van der Waals surface area contributed by atoms with Crippen LogP contribution in [0.3, 0.4) is 0 Å². The Morgan fingerprint density at radius 3 is 2.84 bits per heavy atom. The molecule has 3 N–H and O–H groups in total. The molecular formula is C17H24N6O2. The number of rotatable bonds is 8. The molecule has 134 valence electrons. The van der Waals surface area contributed by atoms with E-state index in [1.165, 1.54) is 0 Å². The van der Waals surface area contributed by atoms with Gasteiger partial charge in [-0.2, -0.15) is 10.1 Å². The molecule has 0 saturated carbocycles. The smallest absolute Gasteiger partial charge is 0.241 e. The van der Waals surface area contributed by atoms with Gasteiger partial charge in [-0.25, -0.2) is 4.98 Å². The summed E-state index contributed by atoms with van der Waals surface area (Å²) in [5, 5.41) is 7.02. The molecule has 0 saturated heterocycles. The summed E-state index contributed by atoms with van der Waals surface area (Å²) in [6.07, 6.45) is 2.02. The lowest BCUT2D eigenvalue weighted by atomic mass is 10.2. The van der Waals surface area contributed by atoms with Gasteiger partial charge in [-0.1, -0.05) is 6.92 Å². The van der Waals surface area contributed by atoms with Crippen molar-refractivity contribution in [2.24, 2.45) is 5.10 Å². The van der Waals surface area contributed by atoms with E-state index in [0.29, 0.717) is 36.2 Å². The van der Waals surface area contributed by atoms with E-state index in [0.717, 1.165) is 17.8 Å². The van der Waals surface area contributed by atoms with Crippen molar-refractivity contribution in [3.63, 3.8) is 0 Å². The summed E-state index contributed by atoms with van der Waals surface area (Å²) in [6, 6.07) is 3.58. The first-order valence-electron chi connectivity index (χ1n) is 8.35. The van der Waals surface area contributed by atoms with Crippen LogP contribution in [0.25, 0.3) is 11.4 Å². The number of imidazole rings is 1. The molecule has 0 aliphatic heterocycles. The summed E-state index contributed by atoms with van der Waals surface area (Å²) in [6.45, 7) is 8.77. The van der Waals surface area contributed by atoms with E-state index in [4.69, 9.17) is 4.74 Å². The summed E-state index contributed by atoms with van der Waals surface area (Å²) in [7, 11) is 0. The van der Waals surface area contributed by atoms with Crippen LogP contribution in [0.4, 0.5) is 5.82 Å². The zero-order valence-electron chi connectivity index (χ0n) is 15.0. The SMILES string of the molecule is CCN/N=C(\C)c1[nH]c(-c2ccnc(NC(=O)CC)c2)nc1OCC. The van der Waals surface area contributed by atoms with Crippen molar-refractivity contribution in [2.45, 2.75) is 34.1 Å². The van der Waals surface area contributed by atoms with E-state index >= 15 is 0 Å². The quantitative estimate of drug-likeness (QED) is 0.504. The van der Waals surface area contributed by atoms with Crippen LogP contribution in [-0.4, -0.2) is 39.7 Å². The number of anilines is 1. The maximum Gasteiger partial charge on any atom is 0.241 e. The number of nitrogens with one attached hydrogen (secondary N) is 3. The number of carbonyl (C=O) groups is 1.